The van der Waals surface area contributed by atoms with E-state index >= 15 is 0 Å². The van der Waals surface area contributed by atoms with Crippen LogP contribution in [0.3, 0.4) is 0 Å². The third-order valence-electron chi connectivity index (χ3n) is 3.27. The number of guanidine groups is 1. The monoisotopic (exact) mass is 510 g/mol. The summed E-state index contributed by atoms with van der Waals surface area (Å²) in [5, 5.41) is 9.47. The second kappa shape index (κ2) is 12.5. The number of amides is 1. The number of nitrogens with zero attached hydrogens (tertiary/aromatic N) is 1. The van der Waals surface area contributed by atoms with E-state index in [1.165, 1.54) is 5.56 Å². The lowest BCUT2D eigenvalue weighted by molar-refractivity contribution is -0.123. The maximum atomic E-state index is 11.5. The van der Waals surface area contributed by atoms with Gasteiger partial charge in [0.1, 0.15) is 0 Å². The van der Waals surface area contributed by atoms with E-state index in [2.05, 4.69) is 49.9 Å². The van der Waals surface area contributed by atoms with Gasteiger partial charge in [-0.1, -0.05) is 48.0 Å². The Labute approximate surface area is 170 Å². The molecule has 1 amide bonds. The van der Waals surface area contributed by atoms with Gasteiger partial charge in [-0.2, -0.15) is 0 Å². The second-order valence-corrected chi connectivity index (χ2v) is 6.45. The Bertz CT molecular complexity index is 537. The summed E-state index contributed by atoms with van der Waals surface area (Å²) in [6.45, 7) is 9.74. The van der Waals surface area contributed by atoms with Crippen molar-refractivity contribution in [1.29, 1.82) is 0 Å². The normalized spacial score (nSPS) is 12.3. The van der Waals surface area contributed by atoms with E-state index in [9.17, 15) is 4.79 Å². The van der Waals surface area contributed by atoms with Crippen LogP contribution in [0.25, 0.3) is 0 Å². The zero-order chi connectivity index (χ0) is 17.2. The Morgan fingerprint density at radius 2 is 1.88 bits per heavy atom. The summed E-state index contributed by atoms with van der Waals surface area (Å²) in [7, 11) is 0. The highest BCUT2D eigenvalue weighted by molar-refractivity contribution is 14.0. The van der Waals surface area contributed by atoms with E-state index in [0.717, 1.165) is 17.0 Å². The summed E-state index contributed by atoms with van der Waals surface area (Å²) < 4.78 is 1.07. The van der Waals surface area contributed by atoms with Crippen LogP contribution in [0.1, 0.15) is 39.3 Å². The first-order valence-electron chi connectivity index (χ1n) is 8.02. The molecule has 0 spiro atoms. The molecule has 0 aliphatic heterocycles. The van der Waals surface area contributed by atoms with Crippen LogP contribution >= 0.6 is 39.9 Å². The van der Waals surface area contributed by atoms with Gasteiger partial charge in [-0.3, -0.25) is 9.79 Å². The van der Waals surface area contributed by atoms with Gasteiger partial charge in [0.25, 0.3) is 0 Å². The molecule has 0 aromatic heterocycles. The number of nitrogens with one attached hydrogen (secondary N) is 3. The van der Waals surface area contributed by atoms with Crippen LogP contribution in [0.4, 0.5) is 0 Å². The molecule has 24 heavy (non-hydrogen) atoms. The molecular weight excluding hydrogens is 483 g/mol. The van der Waals surface area contributed by atoms with Crippen LogP contribution in [0.2, 0.25) is 0 Å². The number of benzene rings is 1. The van der Waals surface area contributed by atoms with Crippen LogP contribution < -0.4 is 16.0 Å². The summed E-state index contributed by atoms with van der Waals surface area (Å²) in [5.41, 5.74) is 1.17. The lowest BCUT2D eigenvalue weighted by Gasteiger charge is -2.19. The SMILES string of the molecule is CCNC(=NCCNC(=O)C(C)C)NC(C)c1ccccc1Br.I. The quantitative estimate of drug-likeness (QED) is 0.228. The molecular formula is C17H28BrIN4O. The van der Waals surface area contributed by atoms with Gasteiger partial charge >= 0.3 is 0 Å². The molecule has 1 unspecified atom stereocenters. The van der Waals surface area contributed by atoms with Crippen molar-refractivity contribution >= 4 is 51.8 Å². The molecule has 1 rings (SSSR count). The standard InChI is InChI=1S/C17H27BrN4O.HI/c1-5-19-17(21-11-10-20-16(23)12(2)3)22-13(4)14-8-6-7-9-15(14)18;/h6-9,12-13H,5,10-11H2,1-4H3,(H,20,23)(H2,19,21,22);1H. The molecule has 136 valence electrons. The van der Waals surface area contributed by atoms with Crippen molar-refractivity contribution in [3.8, 4) is 0 Å². The number of halogens is 2. The maximum absolute atomic E-state index is 11.5. The predicted molar refractivity (Wildman–Crippen MR) is 115 cm³/mol. The fourth-order valence-electron chi connectivity index (χ4n) is 1.98. The van der Waals surface area contributed by atoms with Crippen molar-refractivity contribution in [2.24, 2.45) is 10.9 Å². The molecule has 5 nitrogen and oxygen atoms in total. The number of hydrogen-bond donors (Lipinski definition) is 3. The second-order valence-electron chi connectivity index (χ2n) is 5.59. The van der Waals surface area contributed by atoms with Gasteiger partial charge in [0.2, 0.25) is 5.91 Å². The molecule has 0 fully saturated rings. The fourth-order valence-corrected chi connectivity index (χ4v) is 2.61. The molecule has 1 aromatic carbocycles. The number of carbonyl (C=O) groups excluding carboxylic acids is 1. The average molecular weight is 511 g/mol. The summed E-state index contributed by atoms with van der Waals surface area (Å²) in [6, 6.07) is 8.24. The highest BCUT2D eigenvalue weighted by Gasteiger charge is 2.10. The van der Waals surface area contributed by atoms with Gasteiger partial charge in [-0.15, -0.1) is 24.0 Å². The lowest BCUT2D eigenvalue weighted by atomic mass is 10.1. The molecule has 0 saturated carbocycles. The van der Waals surface area contributed by atoms with E-state index < -0.39 is 0 Å². The Morgan fingerprint density at radius 1 is 1.21 bits per heavy atom. The first kappa shape index (κ1) is 23.2. The van der Waals surface area contributed by atoms with Gasteiger partial charge in [0, 0.05) is 23.5 Å². The molecule has 3 N–H and O–H groups in total. The maximum Gasteiger partial charge on any atom is 0.222 e. The third-order valence-corrected chi connectivity index (χ3v) is 4.00. The van der Waals surface area contributed by atoms with Gasteiger partial charge < -0.3 is 16.0 Å². The molecule has 1 atom stereocenters. The largest absolute Gasteiger partial charge is 0.357 e. The van der Waals surface area contributed by atoms with E-state index in [-0.39, 0.29) is 41.8 Å². The third kappa shape index (κ3) is 8.32. The van der Waals surface area contributed by atoms with Crippen molar-refractivity contribution in [2.75, 3.05) is 19.6 Å². The Kier molecular flexibility index (Phi) is 12.1. The van der Waals surface area contributed by atoms with Crippen molar-refractivity contribution in [3.05, 3.63) is 34.3 Å². The minimum Gasteiger partial charge on any atom is -0.357 e. The van der Waals surface area contributed by atoms with Crippen molar-refractivity contribution in [1.82, 2.24) is 16.0 Å². The van der Waals surface area contributed by atoms with Crippen LogP contribution in [0.15, 0.2) is 33.7 Å². The topological polar surface area (TPSA) is 65.5 Å². The minimum atomic E-state index is 0. The van der Waals surface area contributed by atoms with E-state index in [0.29, 0.717) is 13.1 Å². The van der Waals surface area contributed by atoms with E-state index in [1.54, 1.807) is 0 Å². The average Bonchev–Trinajstić information content (AvgIpc) is 2.51. The van der Waals surface area contributed by atoms with Gasteiger partial charge in [-0.05, 0) is 25.5 Å². The fraction of sp³-hybridized carbons (Fsp3) is 0.529. The van der Waals surface area contributed by atoms with Gasteiger partial charge in [0.05, 0.1) is 12.6 Å². The zero-order valence-electron chi connectivity index (χ0n) is 14.7. The smallest absolute Gasteiger partial charge is 0.222 e. The Hall–Kier alpha value is -0.830. The highest BCUT2D eigenvalue weighted by atomic mass is 127. The molecule has 0 radical (unpaired) electrons. The van der Waals surface area contributed by atoms with E-state index in [1.807, 2.05) is 39.0 Å². The van der Waals surface area contributed by atoms with Crippen molar-refractivity contribution in [2.45, 2.75) is 33.7 Å². The minimum absolute atomic E-state index is 0. The summed E-state index contributed by atoms with van der Waals surface area (Å²) >= 11 is 3.57. The lowest BCUT2D eigenvalue weighted by Crippen LogP contribution is -2.39. The molecule has 0 bridgehead atoms. The molecule has 0 saturated heterocycles. The Morgan fingerprint density at radius 3 is 2.46 bits per heavy atom. The molecule has 0 aliphatic rings. The van der Waals surface area contributed by atoms with Crippen LogP contribution in [-0.2, 0) is 4.79 Å². The van der Waals surface area contributed by atoms with Crippen LogP contribution in [-0.4, -0.2) is 31.5 Å². The van der Waals surface area contributed by atoms with Gasteiger partial charge in [-0.25, -0.2) is 0 Å². The van der Waals surface area contributed by atoms with Gasteiger partial charge in [0.15, 0.2) is 5.96 Å². The summed E-state index contributed by atoms with van der Waals surface area (Å²) in [4.78, 5) is 16.0. The summed E-state index contributed by atoms with van der Waals surface area (Å²) in [6.07, 6.45) is 0. The molecule has 7 heteroatoms. The number of aliphatic imine (C=N–C) groups is 1. The van der Waals surface area contributed by atoms with E-state index in [4.69, 9.17) is 0 Å². The first-order chi connectivity index (χ1) is 11.0. The summed E-state index contributed by atoms with van der Waals surface area (Å²) in [5.74, 6) is 0.801. The van der Waals surface area contributed by atoms with Crippen LogP contribution in [0, 0.1) is 5.92 Å². The zero-order valence-corrected chi connectivity index (χ0v) is 18.6. The number of hydrogen-bond acceptors (Lipinski definition) is 2. The highest BCUT2D eigenvalue weighted by Crippen LogP contribution is 2.22. The predicted octanol–water partition coefficient (Wildman–Crippen LogP) is 3.46. The van der Waals surface area contributed by atoms with Crippen molar-refractivity contribution in [3.63, 3.8) is 0 Å². The first-order valence-corrected chi connectivity index (χ1v) is 8.82. The van der Waals surface area contributed by atoms with Crippen LogP contribution in [0.5, 0.6) is 0 Å². The number of rotatable bonds is 7. The molecule has 0 heterocycles. The molecule has 0 aliphatic carbocycles. The number of carbonyl (C=O) groups is 1. The van der Waals surface area contributed by atoms with Crippen molar-refractivity contribution < 1.29 is 4.79 Å². The Balaban J connectivity index is 0.00000529. The molecule has 1 aromatic rings.